The summed E-state index contributed by atoms with van der Waals surface area (Å²) in [6, 6.07) is -1.52. The van der Waals surface area contributed by atoms with Crippen molar-refractivity contribution in [1.29, 1.82) is 0 Å². The maximum Gasteiger partial charge on any atom is 0.326 e. The molecule has 0 radical (unpaired) electrons. The van der Waals surface area contributed by atoms with E-state index in [2.05, 4.69) is 5.32 Å². The third kappa shape index (κ3) is 6.64. The fraction of sp³-hybridized carbons (Fsp3) is 0.750. The monoisotopic (exact) mass is 274 g/mol. The number of hydrogen-bond acceptors (Lipinski definition) is 4. The van der Waals surface area contributed by atoms with E-state index in [1.165, 1.54) is 4.90 Å². The Hall–Kier alpha value is -1.79. The molecule has 0 heterocycles. The van der Waals surface area contributed by atoms with Crippen LogP contribution >= 0.6 is 0 Å². The van der Waals surface area contributed by atoms with Gasteiger partial charge in [-0.05, 0) is 19.8 Å². The molecule has 0 aromatic heterocycles. The number of carbonyl (C=O) groups excluding carboxylic acids is 2. The van der Waals surface area contributed by atoms with Crippen molar-refractivity contribution < 1.29 is 24.2 Å². The fourth-order valence-corrected chi connectivity index (χ4v) is 1.46. The van der Waals surface area contributed by atoms with Crippen molar-refractivity contribution in [2.75, 3.05) is 19.7 Å². The van der Waals surface area contributed by atoms with Crippen LogP contribution in [0.2, 0.25) is 0 Å². The number of ether oxygens (including phenoxy) is 1. The van der Waals surface area contributed by atoms with Gasteiger partial charge in [0, 0.05) is 6.54 Å². The number of aliphatic carboxylic acids is 1. The number of carboxylic acids is 1. The predicted octanol–water partition coefficient (Wildman–Crippen LogP) is 0.834. The number of amides is 2. The van der Waals surface area contributed by atoms with Crippen LogP contribution in [0, 0.1) is 0 Å². The molecule has 19 heavy (non-hydrogen) atoms. The number of esters is 1. The zero-order chi connectivity index (χ0) is 14.8. The minimum atomic E-state index is -1.09. The van der Waals surface area contributed by atoms with E-state index < -0.39 is 24.0 Å². The summed E-state index contributed by atoms with van der Waals surface area (Å²) in [5.41, 5.74) is 0. The van der Waals surface area contributed by atoms with Crippen molar-refractivity contribution in [3.05, 3.63) is 0 Å². The quantitative estimate of drug-likeness (QED) is 0.639. The number of carbonyl (C=O) groups is 3. The summed E-state index contributed by atoms with van der Waals surface area (Å²) in [6.45, 7) is 5.63. The van der Waals surface area contributed by atoms with Crippen molar-refractivity contribution in [2.45, 2.75) is 39.7 Å². The van der Waals surface area contributed by atoms with E-state index in [0.29, 0.717) is 13.0 Å². The highest BCUT2D eigenvalue weighted by Crippen LogP contribution is 1.98. The highest BCUT2D eigenvalue weighted by atomic mass is 16.5. The van der Waals surface area contributed by atoms with Gasteiger partial charge in [0.2, 0.25) is 0 Å². The van der Waals surface area contributed by atoms with Crippen LogP contribution in [0.15, 0.2) is 0 Å². The van der Waals surface area contributed by atoms with Gasteiger partial charge in [0.1, 0.15) is 12.6 Å². The lowest BCUT2D eigenvalue weighted by Crippen LogP contribution is -2.49. The molecule has 0 aromatic carbocycles. The zero-order valence-corrected chi connectivity index (χ0v) is 11.6. The van der Waals surface area contributed by atoms with Gasteiger partial charge in [0.25, 0.3) is 0 Å². The molecule has 7 nitrogen and oxygen atoms in total. The minimum absolute atomic E-state index is 0.177. The first-order valence-electron chi connectivity index (χ1n) is 6.40. The second kappa shape index (κ2) is 9.18. The van der Waals surface area contributed by atoms with E-state index in [1.54, 1.807) is 13.8 Å². The molecule has 2 N–H and O–H groups in total. The Morgan fingerprint density at radius 1 is 1.26 bits per heavy atom. The van der Waals surface area contributed by atoms with Gasteiger partial charge in [0.15, 0.2) is 0 Å². The molecule has 1 unspecified atom stereocenters. The molecule has 1 atom stereocenters. The lowest BCUT2D eigenvalue weighted by molar-refractivity contribution is -0.143. The Bertz CT molecular complexity index is 319. The molecule has 0 aliphatic carbocycles. The summed E-state index contributed by atoms with van der Waals surface area (Å²) < 4.78 is 4.77. The van der Waals surface area contributed by atoms with Crippen LogP contribution in [0.4, 0.5) is 4.79 Å². The predicted molar refractivity (Wildman–Crippen MR) is 68.7 cm³/mol. The van der Waals surface area contributed by atoms with Gasteiger partial charge < -0.3 is 20.1 Å². The van der Waals surface area contributed by atoms with Gasteiger partial charge in [-0.3, -0.25) is 4.79 Å². The van der Waals surface area contributed by atoms with Gasteiger partial charge in [0.05, 0.1) is 6.61 Å². The number of hydrogen-bond donors (Lipinski definition) is 2. The molecule has 7 heteroatoms. The molecular formula is C12H22N2O5. The average molecular weight is 274 g/mol. The SMILES string of the molecule is CCCN(CC(=O)OCC)C(=O)NC(CC)C(=O)O. The highest BCUT2D eigenvalue weighted by molar-refractivity contribution is 5.85. The molecule has 0 aliphatic rings. The summed E-state index contributed by atoms with van der Waals surface area (Å²) in [5, 5.41) is 11.3. The van der Waals surface area contributed by atoms with Crippen LogP contribution in [0.1, 0.15) is 33.6 Å². The zero-order valence-electron chi connectivity index (χ0n) is 11.6. The van der Waals surface area contributed by atoms with Crippen LogP contribution in [-0.2, 0) is 14.3 Å². The van der Waals surface area contributed by atoms with Gasteiger partial charge >= 0.3 is 18.0 Å². The lowest BCUT2D eigenvalue weighted by Gasteiger charge is -2.23. The Morgan fingerprint density at radius 2 is 1.89 bits per heavy atom. The molecule has 0 spiro atoms. The number of nitrogens with one attached hydrogen (secondary N) is 1. The first-order valence-corrected chi connectivity index (χ1v) is 6.40. The van der Waals surface area contributed by atoms with Gasteiger partial charge in [-0.25, -0.2) is 9.59 Å². The van der Waals surface area contributed by atoms with E-state index >= 15 is 0 Å². The maximum absolute atomic E-state index is 11.9. The van der Waals surface area contributed by atoms with Gasteiger partial charge in [-0.15, -0.1) is 0 Å². The van der Waals surface area contributed by atoms with Crippen LogP contribution in [0.5, 0.6) is 0 Å². The molecule has 0 saturated carbocycles. The molecule has 0 rings (SSSR count). The Balaban J connectivity index is 4.55. The van der Waals surface area contributed by atoms with Crippen molar-refractivity contribution in [2.24, 2.45) is 0 Å². The minimum Gasteiger partial charge on any atom is -0.480 e. The van der Waals surface area contributed by atoms with E-state index in [0.717, 1.165) is 0 Å². The van der Waals surface area contributed by atoms with Crippen LogP contribution < -0.4 is 5.32 Å². The number of nitrogens with zero attached hydrogens (tertiary/aromatic N) is 1. The normalized spacial score (nSPS) is 11.5. The average Bonchev–Trinajstić information content (AvgIpc) is 2.35. The second-order valence-electron chi connectivity index (χ2n) is 3.98. The summed E-state index contributed by atoms with van der Waals surface area (Å²) >= 11 is 0. The fourth-order valence-electron chi connectivity index (χ4n) is 1.46. The summed E-state index contributed by atoms with van der Waals surface area (Å²) in [4.78, 5) is 35.4. The largest absolute Gasteiger partial charge is 0.480 e. The van der Waals surface area contributed by atoms with Gasteiger partial charge in [-0.1, -0.05) is 13.8 Å². The van der Waals surface area contributed by atoms with E-state index in [9.17, 15) is 14.4 Å². The van der Waals surface area contributed by atoms with E-state index in [-0.39, 0.29) is 19.6 Å². The first-order chi connectivity index (χ1) is 8.96. The molecule has 0 aromatic rings. The molecular weight excluding hydrogens is 252 g/mol. The Morgan fingerprint density at radius 3 is 2.32 bits per heavy atom. The molecule has 2 amide bonds. The molecule has 0 aliphatic heterocycles. The lowest BCUT2D eigenvalue weighted by atomic mass is 10.2. The first kappa shape index (κ1) is 17.2. The maximum atomic E-state index is 11.9. The van der Waals surface area contributed by atoms with Crippen LogP contribution in [0.25, 0.3) is 0 Å². The Kier molecular flexibility index (Phi) is 8.32. The van der Waals surface area contributed by atoms with E-state index in [4.69, 9.17) is 9.84 Å². The smallest absolute Gasteiger partial charge is 0.326 e. The summed E-state index contributed by atoms with van der Waals surface area (Å²) in [5.74, 6) is -1.60. The third-order valence-corrected chi connectivity index (χ3v) is 2.41. The number of rotatable bonds is 8. The van der Waals surface area contributed by atoms with Crippen LogP contribution in [-0.4, -0.2) is 53.7 Å². The summed E-state index contributed by atoms with van der Waals surface area (Å²) in [6.07, 6.45) is 0.942. The molecule has 0 saturated heterocycles. The Labute approximate surface area is 112 Å². The standard InChI is InChI=1S/C12H22N2O5/c1-4-7-14(8-10(15)19-6-3)12(18)13-9(5-2)11(16)17/h9H,4-8H2,1-3H3,(H,13,18)(H,16,17). The van der Waals surface area contributed by atoms with Crippen molar-refractivity contribution in [1.82, 2.24) is 10.2 Å². The van der Waals surface area contributed by atoms with Gasteiger partial charge in [-0.2, -0.15) is 0 Å². The van der Waals surface area contributed by atoms with Crippen molar-refractivity contribution >= 4 is 18.0 Å². The topological polar surface area (TPSA) is 95.9 Å². The molecule has 0 fully saturated rings. The number of urea groups is 1. The number of carboxylic acid groups (broad SMARTS) is 1. The molecule has 0 bridgehead atoms. The summed E-state index contributed by atoms with van der Waals surface area (Å²) in [7, 11) is 0. The van der Waals surface area contributed by atoms with Crippen molar-refractivity contribution in [3.8, 4) is 0 Å². The van der Waals surface area contributed by atoms with Crippen molar-refractivity contribution in [3.63, 3.8) is 0 Å². The highest BCUT2D eigenvalue weighted by Gasteiger charge is 2.22. The third-order valence-electron chi connectivity index (χ3n) is 2.41. The van der Waals surface area contributed by atoms with E-state index in [1.807, 2.05) is 6.92 Å². The molecule has 110 valence electrons. The van der Waals surface area contributed by atoms with Crippen LogP contribution in [0.3, 0.4) is 0 Å². The second-order valence-corrected chi connectivity index (χ2v) is 3.98.